The van der Waals surface area contributed by atoms with Crippen molar-refractivity contribution in [2.24, 2.45) is 0 Å². The lowest BCUT2D eigenvalue weighted by atomic mass is 10.1. The van der Waals surface area contributed by atoms with Crippen LogP contribution in [-0.4, -0.2) is 8.07 Å². The monoisotopic (exact) mass is 226 g/mol. The van der Waals surface area contributed by atoms with E-state index in [-0.39, 0.29) is 7.43 Å². The van der Waals surface area contributed by atoms with E-state index in [0.717, 1.165) is 0 Å². The molecule has 0 atom stereocenters. The topological polar surface area (TPSA) is 0 Å². The molecule has 82 valence electrons. The van der Waals surface area contributed by atoms with Crippen LogP contribution in [0.25, 0.3) is 11.1 Å². The van der Waals surface area contributed by atoms with Crippen LogP contribution in [0, 0.1) is 0 Å². The van der Waals surface area contributed by atoms with Gasteiger partial charge in [-0.1, -0.05) is 69.1 Å². The Hall–Kier alpha value is -1.34. The van der Waals surface area contributed by atoms with Gasteiger partial charge in [0.05, 0.1) is 0 Å². The molecule has 0 aliphatic carbocycles. The maximum atomic E-state index is 2.44. The van der Waals surface area contributed by atoms with Gasteiger partial charge in [-0.05, 0) is 21.5 Å². The molecule has 1 heteroatoms. The van der Waals surface area contributed by atoms with Crippen molar-refractivity contribution >= 4 is 18.4 Å². The van der Waals surface area contributed by atoms with E-state index in [9.17, 15) is 0 Å². The van der Waals surface area contributed by atoms with Crippen molar-refractivity contribution in [1.82, 2.24) is 0 Å². The predicted octanol–water partition coefficient (Wildman–Crippen LogP) is 3.13. The van der Waals surface area contributed by atoms with Gasteiger partial charge in [0.1, 0.15) is 8.07 Å². The van der Waals surface area contributed by atoms with Crippen LogP contribution in [-0.2, 0) is 0 Å². The molecule has 16 heavy (non-hydrogen) atoms. The average Bonchev–Trinajstić information content (AvgIpc) is 2.51. The summed E-state index contributed by atoms with van der Waals surface area (Å²) in [5.74, 6) is 0. The minimum Gasteiger partial charge on any atom is -0.0776 e. The van der Waals surface area contributed by atoms with Gasteiger partial charge >= 0.3 is 0 Å². The second-order valence-corrected chi connectivity index (χ2v) is 9.04. The first kappa shape index (κ1) is 11.2. The van der Waals surface area contributed by atoms with Crippen LogP contribution in [0.5, 0.6) is 0 Å². The highest BCUT2D eigenvalue weighted by atomic mass is 28.3. The molecule has 0 unspecified atom stereocenters. The zero-order valence-corrected chi connectivity index (χ0v) is 10.1. The van der Waals surface area contributed by atoms with Crippen LogP contribution in [0.4, 0.5) is 0 Å². The molecule has 0 spiro atoms. The van der Waals surface area contributed by atoms with Crippen molar-refractivity contribution in [2.75, 3.05) is 0 Å². The Morgan fingerprint density at radius 2 is 1.06 bits per heavy atom. The molecule has 0 N–H and O–H groups in total. The number of benzene rings is 2. The highest BCUT2D eigenvalue weighted by Gasteiger charge is 2.36. The van der Waals surface area contributed by atoms with Gasteiger partial charge in [0.2, 0.25) is 0 Å². The molecule has 2 aromatic rings. The Labute approximate surface area is 99.0 Å². The largest absolute Gasteiger partial charge is 0.113 e. The molecule has 1 heterocycles. The molecule has 1 aliphatic heterocycles. The van der Waals surface area contributed by atoms with Crippen LogP contribution < -0.4 is 10.4 Å². The van der Waals surface area contributed by atoms with E-state index in [4.69, 9.17) is 0 Å². The van der Waals surface area contributed by atoms with E-state index < -0.39 is 8.07 Å². The first-order valence-corrected chi connectivity index (χ1v) is 8.40. The molecule has 0 radical (unpaired) electrons. The summed E-state index contributed by atoms with van der Waals surface area (Å²) in [6, 6.07) is 17.8. The summed E-state index contributed by atoms with van der Waals surface area (Å²) in [6.07, 6.45) is 0. The molecule has 0 saturated heterocycles. The lowest BCUT2D eigenvalue weighted by Gasteiger charge is -2.18. The zero-order valence-electron chi connectivity index (χ0n) is 9.12. The lowest BCUT2D eigenvalue weighted by molar-refractivity contribution is 1.71. The molecule has 3 rings (SSSR count). The third-order valence-electron chi connectivity index (χ3n) is 3.49. The fourth-order valence-electron chi connectivity index (χ4n) is 2.67. The van der Waals surface area contributed by atoms with Gasteiger partial charge < -0.3 is 0 Å². The number of fused-ring (bicyclic) bond motifs is 3. The number of rotatable bonds is 0. The van der Waals surface area contributed by atoms with Gasteiger partial charge in [0.15, 0.2) is 0 Å². The van der Waals surface area contributed by atoms with Crippen molar-refractivity contribution in [3.63, 3.8) is 0 Å². The van der Waals surface area contributed by atoms with Crippen LogP contribution >= 0.6 is 0 Å². The van der Waals surface area contributed by atoms with Crippen molar-refractivity contribution < 1.29 is 0 Å². The van der Waals surface area contributed by atoms with E-state index in [1.807, 2.05) is 0 Å². The summed E-state index contributed by atoms with van der Waals surface area (Å²) in [4.78, 5) is 0. The quantitative estimate of drug-likeness (QED) is 0.606. The fraction of sp³-hybridized carbons (Fsp3) is 0.200. The zero-order chi connectivity index (χ0) is 10.5. The molecule has 0 bridgehead atoms. The molecule has 0 aromatic heterocycles. The first-order chi connectivity index (χ1) is 7.21. The van der Waals surface area contributed by atoms with E-state index >= 15 is 0 Å². The minimum absolute atomic E-state index is 0. The summed E-state index contributed by atoms with van der Waals surface area (Å²) in [6.45, 7) is 4.88. The smallest absolute Gasteiger partial charge is 0.0776 e. The van der Waals surface area contributed by atoms with Gasteiger partial charge in [-0.3, -0.25) is 0 Å². The maximum absolute atomic E-state index is 2.44. The summed E-state index contributed by atoms with van der Waals surface area (Å²) >= 11 is 0. The van der Waals surface area contributed by atoms with Crippen LogP contribution in [0.3, 0.4) is 0 Å². The molecular formula is C15H18Si. The second kappa shape index (κ2) is 3.60. The molecular weight excluding hydrogens is 208 g/mol. The van der Waals surface area contributed by atoms with Gasteiger partial charge in [-0.2, -0.15) is 0 Å². The van der Waals surface area contributed by atoms with Crippen molar-refractivity contribution in [2.45, 2.75) is 20.5 Å². The summed E-state index contributed by atoms with van der Waals surface area (Å²) < 4.78 is 0. The molecule has 0 nitrogen and oxygen atoms in total. The Balaban J connectivity index is 0.000000963. The minimum atomic E-state index is -1.38. The predicted molar refractivity (Wildman–Crippen MR) is 75.4 cm³/mol. The van der Waals surface area contributed by atoms with E-state index in [0.29, 0.717) is 0 Å². The lowest BCUT2D eigenvalue weighted by Crippen LogP contribution is -2.49. The van der Waals surface area contributed by atoms with Crippen LogP contribution in [0.15, 0.2) is 48.5 Å². The van der Waals surface area contributed by atoms with Crippen molar-refractivity contribution in [3.05, 3.63) is 48.5 Å². The normalized spacial score (nSPS) is 14.9. The summed E-state index contributed by atoms with van der Waals surface area (Å²) in [7, 11) is -1.38. The number of hydrogen-bond donors (Lipinski definition) is 0. The average molecular weight is 226 g/mol. The Morgan fingerprint density at radius 3 is 1.50 bits per heavy atom. The summed E-state index contributed by atoms with van der Waals surface area (Å²) in [5.41, 5.74) is 2.93. The highest BCUT2D eigenvalue weighted by molar-refractivity contribution is 7.03. The van der Waals surface area contributed by atoms with E-state index in [1.165, 1.54) is 11.1 Å². The van der Waals surface area contributed by atoms with Crippen LogP contribution in [0.2, 0.25) is 13.1 Å². The third-order valence-corrected chi connectivity index (χ3v) is 7.06. The highest BCUT2D eigenvalue weighted by Crippen LogP contribution is 2.27. The molecule has 1 aliphatic rings. The van der Waals surface area contributed by atoms with Crippen molar-refractivity contribution in [3.8, 4) is 11.1 Å². The van der Waals surface area contributed by atoms with Crippen molar-refractivity contribution in [1.29, 1.82) is 0 Å². The second-order valence-electron chi connectivity index (χ2n) is 4.72. The standard InChI is InChI=1S/C14H14Si.CH4/c1-15(2)13-9-5-3-7-11(13)12-8-4-6-10-14(12)15;/h3-10H,1-2H3;1H4. The van der Waals surface area contributed by atoms with Gasteiger partial charge in [-0.25, -0.2) is 0 Å². The van der Waals surface area contributed by atoms with Gasteiger partial charge in [0, 0.05) is 0 Å². The maximum Gasteiger partial charge on any atom is 0.113 e. The summed E-state index contributed by atoms with van der Waals surface area (Å²) in [5, 5.41) is 3.18. The van der Waals surface area contributed by atoms with Crippen LogP contribution in [0.1, 0.15) is 7.43 Å². The van der Waals surface area contributed by atoms with E-state index in [1.54, 1.807) is 10.4 Å². The fourth-order valence-corrected chi connectivity index (χ4v) is 5.77. The van der Waals surface area contributed by atoms with E-state index in [2.05, 4.69) is 61.6 Å². The first-order valence-electron chi connectivity index (χ1n) is 5.40. The Bertz CT molecular complexity index is 479. The molecule has 2 aromatic carbocycles. The molecule has 0 fully saturated rings. The SMILES string of the molecule is C.C[Si]1(C)c2ccccc2-c2ccccc21. The third kappa shape index (κ3) is 1.28. The Morgan fingerprint density at radius 1 is 0.688 bits per heavy atom. The molecule has 0 amide bonds. The molecule has 0 saturated carbocycles. The number of hydrogen-bond acceptors (Lipinski definition) is 0. The van der Waals surface area contributed by atoms with Gasteiger partial charge in [0.25, 0.3) is 0 Å². The Kier molecular flexibility index (Phi) is 2.51. The van der Waals surface area contributed by atoms with Gasteiger partial charge in [-0.15, -0.1) is 0 Å².